The summed E-state index contributed by atoms with van der Waals surface area (Å²) in [4.78, 5) is 10.6. The van der Waals surface area contributed by atoms with Crippen molar-refractivity contribution >= 4 is 16.6 Å². The summed E-state index contributed by atoms with van der Waals surface area (Å²) in [7, 11) is 0. The van der Waals surface area contributed by atoms with Gasteiger partial charge in [-0.05, 0) is 43.2 Å². The summed E-state index contributed by atoms with van der Waals surface area (Å²) >= 11 is 0. The molecule has 114 valence electrons. The van der Waals surface area contributed by atoms with E-state index in [1.54, 1.807) is 24.3 Å². The Balaban J connectivity index is 2.08. The second-order valence-corrected chi connectivity index (χ2v) is 5.56. The molecule has 0 radical (unpaired) electrons. The fourth-order valence-electron chi connectivity index (χ4n) is 2.82. The molecule has 0 saturated carbocycles. The molecule has 0 saturated heterocycles. The number of hydrogen-bond acceptors (Lipinski definition) is 3. The smallest absolute Gasteiger partial charge is 0.270 e. The molecule has 0 aliphatic rings. The molecule has 5 heteroatoms. The van der Waals surface area contributed by atoms with Crippen LogP contribution in [-0.4, -0.2) is 9.49 Å². The Hall–Kier alpha value is -3.13. The molecule has 2 aromatic carbocycles. The van der Waals surface area contributed by atoms with Gasteiger partial charge in [0.25, 0.3) is 5.69 Å². The molecule has 0 aliphatic heterocycles. The lowest BCUT2D eigenvalue weighted by molar-refractivity contribution is -0.384. The Morgan fingerprint density at radius 3 is 2.48 bits per heavy atom. The van der Waals surface area contributed by atoms with Crippen LogP contribution in [0, 0.1) is 35.3 Å². The third kappa shape index (κ3) is 2.55. The highest BCUT2D eigenvalue weighted by Gasteiger charge is 2.15. The first kappa shape index (κ1) is 14.8. The zero-order valence-electron chi connectivity index (χ0n) is 12.9. The molecule has 0 aliphatic carbocycles. The Morgan fingerprint density at radius 1 is 1.17 bits per heavy atom. The largest absolute Gasteiger partial charge is 0.340 e. The quantitative estimate of drug-likeness (QED) is 0.540. The number of fused-ring (bicyclic) bond motifs is 1. The van der Waals surface area contributed by atoms with Crippen molar-refractivity contribution in [3.8, 4) is 6.07 Å². The van der Waals surface area contributed by atoms with Crippen LogP contribution in [0.25, 0.3) is 10.9 Å². The second kappa shape index (κ2) is 5.58. The van der Waals surface area contributed by atoms with Crippen LogP contribution in [0.2, 0.25) is 0 Å². The van der Waals surface area contributed by atoms with Crippen LogP contribution in [0.1, 0.15) is 22.4 Å². The van der Waals surface area contributed by atoms with Crippen molar-refractivity contribution in [1.29, 1.82) is 5.26 Å². The van der Waals surface area contributed by atoms with Gasteiger partial charge in [-0.2, -0.15) is 5.26 Å². The first-order chi connectivity index (χ1) is 11.0. The van der Waals surface area contributed by atoms with E-state index in [0.29, 0.717) is 12.1 Å². The minimum absolute atomic E-state index is 0.108. The normalized spacial score (nSPS) is 10.7. The molecule has 3 aromatic rings. The van der Waals surface area contributed by atoms with E-state index < -0.39 is 0 Å². The molecule has 3 rings (SSSR count). The van der Waals surface area contributed by atoms with Gasteiger partial charge in [-0.3, -0.25) is 10.1 Å². The van der Waals surface area contributed by atoms with Gasteiger partial charge in [0.05, 0.1) is 16.6 Å². The standard InChI is InChI=1S/C18H15N3O2/c1-12-13(2)20(11-15-5-3-14(10-19)4-6-15)18-8-7-16(21(22)23)9-17(12)18/h3-9H,11H2,1-2H3. The average molecular weight is 305 g/mol. The molecular weight excluding hydrogens is 290 g/mol. The van der Waals surface area contributed by atoms with Crippen LogP contribution in [0.3, 0.4) is 0 Å². The van der Waals surface area contributed by atoms with E-state index in [1.807, 2.05) is 26.0 Å². The van der Waals surface area contributed by atoms with Crippen molar-refractivity contribution < 1.29 is 4.92 Å². The zero-order valence-corrected chi connectivity index (χ0v) is 12.9. The maximum absolute atomic E-state index is 11.0. The fraction of sp³-hybridized carbons (Fsp3) is 0.167. The van der Waals surface area contributed by atoms with Crippen molar-refractivity contribution in [2.45, 2.75) is 20.4 Å². The maximum Gasteiger partial charge on any atom is 0.270 e. The Morgan fingerprint density at radius 2 is 1.87 bits per heavy atom. The van der Waals surface area contributed by atoms with Crippen LogP contribution in [0.5, 0.6) is 0 Å². The molecule has 0 amide bonds. The Labute approximate surface area is 133 Å². The van der Waals surface area contributed by atoms with Gasteiger partial charge < -0.3 is 4.57 Å². The molecule has 0 unspecified atom stereocenters. The molecule has 0 fully saturated rings. The van der Waals surface area contributed by atoms with Crippen molar-refractivity contribution in [3.63, 3.8) is 0 Å². The number of aromatic nitrogens is 1. The highest BCUT2D eigenvalue weighted by molar-refractivity contribution is 5.87. The first-order valence-corrected chi connectivity index (χ1v) is 7.24. The summed E-state index contributed by atoms with van der Waals surface area (Å²) in [5.74, 6) is 0. The van der Waals surface area contributed by atoms with Crippen molar-refractivity contribution in [2.24, 2.45) is 0 Å². The highest BCUT2D eigenvalue weighted by Crippen LogP contribution is 2.29. The van der Waals surface area contributed by atoms with Crippen molar-refractivity contribution in [1.82, 2.24) is 4.57 Å². The number of nitrogens with zero attached hydrogens (tertiary/aromatic N) is 3. The van der Waals surface area contributed by atoms with Gasteiger partial charge in [0.15, 0.2) is 0 Å². The number of rotatable bonds is 3. The Bertz CT molecular complexity index is 947. The lowest BCUT2D eigenvalue weighted by Crippen LogP contribution is -2.02. The molecule has 5 nitrogen and oxygen atoms in total. The van der Waals surface area contributed by atoms with Gasteiger partial charge in [0.2, 0.25) is 0 Å². The van der Waals surface area contributed by atoms with Crippen LogP contribution >= 0.6 is 0 Å². The molecule has 0 atom stereocenters. The average Bonchev–Trinajstić information content (AvgIpc) is 2.80. The summed E-state index contributed by atoms with van der Waals surface area (Å²) in [5, 5.41) is 20.7. The van der Waals surface area contributed by atoms with Gasteiger partial charge >= 0.3 is 0 Å². The number of nitro groups is 1. The van der Waals surface area contributed by atoms with E-state index in [0.717, 1.165) is 27.7 Å². The van der Waals surface area contributed by atoms with E-state index in [2.05, 4.69) is 10.6 Å². The predicted molar refractivity (Wildman–Crippen MR) is 88.3 cm³/mol. The molecule has 1 aromatic heterocycles. The molecular formula is C18H15N3O2. The number of nitriles is 1. The molecule has 1 heterocycles. The summed E-state index contributed by atoms with van der Waals surface area (Å²) in [6.45, 7) is 4.67. The van der Waals surface area contributed by atoms with Crippen LogP contribution in [0.4, 0.5) is 5.69 Å². The predicted octanol–water partition coefficient (Wildman–Crippen LogP) is 4.09. The van der Waals surface area contributed by atoms with Gasteiger partial charge in [-0.15, -0.1) is 0 Å². The summed E-state index contributed by atoms with van der Waals surface area (Å²) in [5.41, 5.74) is 4.95. The minimum atomic E-state index is -0.369. The molecule has 0 bridgehead atoms. The van der Waals surface area contributed by atoms with E-state index in [-0.39, 0.29) is 10.6 Å². The van der Waals surface area contributed by atoms with E-state index in [4.69, 9.17) is 5.26 Å². The van der Waals surface area contributed by atoms with E-state index >= 15 is 0 Å². The third-order valence-corrected chi connectivity index (χ3v) is 4.26. The number of nitro benzene ring substituents is 1. The highest BCUT2D eigenvalue weighted by atomic mass is 16.6. The molecule has 0 N–H and O–H groups in total. The SMILES string of the molecule is Cc1c(C)n(Cc2ccc(C#N)cc2)c2ccc([N+](=O)[O-])cc12. The maximum atomic E-state index is 11.0. The first-order valence-electron chi connectivity index (χ1n) is 7.24. The van der Waals surface area contributed by atoms with E-state index in [9.17, 15) is 10.1 Å². The van der Waals surface area contributed by atoms with Crippen LogP contribution in [0.15, 0.2) is 42.5 Å². The second-order valence-electron chi connectivity index (χ2n) is 5.56. The molecule has 23 heavy (non-hydrogen) atoms. The minimum Gasteiger partial charge on any atom is -0.340 e. The van der Waals surface area contributed by atoms with Gasteiger partial charge in [-0.25, -0.2) is 0 Å². The summed E-state index contributed by atoms with van der Waals surface area (Å²) < 4.78 is 2.15. The third-order valence-electron chi connectivity index (χ3n) is 4.26. The van der Waals surface area contributed by atoms with Crippen molar-refractivity contribution in [2.75, 3.05) is 0 Å². The van der Waals surface area contributed by atoms with Crippen LogP contribution < -0.4 is 0 Å². The number of aryl methyl sites for hydroxylation is 1. The van der Waals surface area contributed by atoms with Gasteiger partial charge in [-0.1, -0.05) is 12.1 Å². The molecule has 0 spiro atoms. The Kier molecular flexibility index (Phi) is 3.59. The number of non-ortho nitro benzene ring substituents is 1. The number of hydrogen-bond donors (Lipinski definition) is 0. The lowest BCUT2D eigenvalue weighted by Gasteiger charge is -2.09. The topological polar surface area (TPSA) is 71.9 Å². The van der Waals surface area contributed by atoms with Crippen molar-refractivity contribution in [3.05, 3.63) is 75.0 Å². The summed E-state index contributed by atoms with van der Waals surface area (Å²) in [6, 6.07) is 14.6. The fourth-order valence-corrected chi connectivity index (χ4v) is 2.82. The summed E-state index contributed by atoms with van der Waals surface area (Å²) in [6.07, 6.45) is 0. The van der Waals surface area contributed by atoms with E-state index in [1.165, 1.54) is 6.07 Å². The monoisotopic (exact) mass is 305 g/mol. The van der Waals surface area contributed by atoms with Gasteiger partial charge in [0, 0.05) is 35.3 Å². The lowest BCUT2D eigenvalue weighted by atomic mass is 10.1. The zero-order chi connectivity index (χ0) is 16.6. The van der Waals surface area contributed by atoms with Crippen LogP contribution in [-0.2, 0) is 6.54 Å². The van der Waals surface area contributed by atoms with Gasteiger partial charge in [0.1, 0.15) is 0 Å². The number of benzene rings is 2.